The summed E-state index contributed by atoms with van der Waals surface area (Å²) in [5.74, 6) is 0.878. The Balaban J connectivity index is 1.88. The minimum absolute atomic E-state index is 0.251. The zero-order valence-electron chi connectivity index (χ0n) is 18.8. The highest BCUT2D eigenvalue weighted by Gasteiger charge is 2.17. The maximum atomic E-state index is 12.7. The maximum absolute atomic E-state index is 12.7. The molecule has 1 heterocycles. The van der Waals surface area contributed by atoms with Gasteiger partial charge < -0.3 is 25.3 Å². The summed E-state index contributed by atoms with van der Waals surface area (Å²) < 4.78 is 18.1. The van der Waals surface area contributed by atoms with Crippen LogP contribution in [0.15, 0.2) is 60.8 Å². The lowest BCUT2D eigenvalue weighted by Gasteiger charge is -2.16. The first kappa shape index (κ1) is 25.7. The molecule has 3 N–H and O–H groups in total. The summed E-state index contributed by atoms with van der Waals surface area (Å²) in [6.45, 7) is 3.41. The van der Waals surface area contributed by atoms with Crippen molar-refractivity contribution < 1.29 is 14.1 Å². The molecule has 0 aliphatic carbocycles. The van der Waals surface area contributed by atoms with Gasteiger partial charge in [0.25, 0.3) is 0 Å². The Labute approximate surface area is 211 Å². The van der Waals surface area contributed by atoms with E-state index < -0.39 is 7.14 Å². The van der Waals surface area contributed by atoms with Gasteiger partial charge >= 0.3 is 0 Å². The average Bonchev–Trinajstić information content (AvgIpc) is 2.80. The number of aromatic nitrogens is 2. The monoisotopic (exact) mass is 563 g/mol. The third-order valence-electron chi connectivity index (χ3n) is 4.55. The number of amides is 1. The van der Waals surface area contributed by atoms with Crippen molar-refractivity contribution >= 4 is 74.7 Å². The lowest BCUT2D eigenvalue weighted by atomic mass is 10.2. The van der Waals surface area contributed by atoms with E-state index in [1.54, 1.807) is 37.6 Å². The lowest BCUT2D eigenvalue weighted by Crippen LogP contribution is -2.11. The first-order valence-electron chi connectivity index (χ1n) is 10.1. The molecule has 1 amide bonds. The first-order valence-corrected chi connectivity index (χ1v) is 14.2. The van der Waals surface area contributed by atoms with Crippen molar-refractivity contribution in [3.05, 3.63) is 65.8 Å². The van der Waals surface area contributed by atoms with E-state index in [0.29, 0.717) is 44.3 Å². The molecule has 8 nitrogen and oxygen atoms in total. The summed E-state index contributed by atoms with van der Waals surface area (Å²) in [5, 5.41) is 10.6. The molecule has 178 valence electrons. The molecule has 3 rings (SSSR count). The number of benzene rings is 2. The van der Waals surface area contributed by atoms with Crippen LogP contribution in [0.3, 0.4) is 0 Å². The van der Waals surface area contributed by atoms with Gasteiger partial charge in [-0.3, -0.25) is 4.79 Å². The zero-order valence-corrected chi connectivity index (χ0v) is 22.0. The summed E-state index contributed by atoms with van der Waals surface area (Å²) in [6, 6.07) is 12.5. The van der Waals surface area contributed by atoms with Gasteiger partial charge in [0.2, 0.25) is 11.9 Å². The molecular formula is C23H24BrClN5O3P. The normalized spacial score (nSPS) is 11.3. The van der Waals surface area contributed by atoms with E-state index >= 15 is 0 Å². The SMILES string of the molecule is COc1ccc(NC(=O)/C=C/CBr)cc1Nc1ncc(Cl)c(Nc2ccccc2P(C)(C)=O)n1. The van der Waals surface area contributed by atoms with Crippen LogP contribution in [0.4, 0.5) is 28.8 Å². The standard InChI is InChI=1S/C23H24BrClN5O3P/c1-33-19-11-10-15(27-21(31)9-6-12-24)13-18(19)29-23-26-14-16(25)22(30-23)28-17-7-4-5-8-20(17)34(2,3)32/h4-11,13-14H,12H2,1-3H3,(H,27,31)(H2,26,28,29,30)/b9-6+. The smallest absolute Gasteiger partial charge is 0.248 e. The van der Waals surface area contributed by atoms with Crippen molar-refractivity contribution in [2.75, 3.05) is 41.7 Å². The fourth-order valence-electron chi connectivity index (χ4n) is 3.03. The van der Waals surface area contributed by atoms with Crippen molar-refractivity contribution in [3.8, 4) is 5.75 Å². The largest absolute Gasteiger partial charge is 0.495 e. The van der Waals surface area contributed by atoms with E-state index in [-0.39, 0.29) is 11.9 Å². The maximum Gasteiger partial charge on any atom is 0.248 e. The molecule has 11 heteroatoms. The van der Waals surface area contributed by atoms with Gasteiger partial charge in [-0.05, 0) is 43.7 Å². The second-order valence-corrected chi connectivity index (χ2v) is 11.7. The highest BCUT2D eigenvalue weighted by molar-refractivity contribution is 9.09. The number of hydrogen-bond donors (Lipinski definition) is 3. The van der Waals surface area contributed by atoms with Crippen LogP contribution in [0, 0.1) is 0 Å². The molecule has 0 aliphatic heterocycles. The molecule has 2 aromatic carbocycles. The first-order chi connectivity index (χ1) is 16.2. The van der Waals surface area contributed by atoms with Crippen LogP contribution in [0.25, 0.3) is 0 Å². The number of carbonyl (C=O) groups is 1. The van der Waals surface area contributed by atoms with Gasteiger partial charge in [0, 0.05) is 22.4 Å². The van der Waals surface area contributed by atoms with Gasteiger partial charge in [0.15, 0.2) is 5.82 Å². The van der Waals surface area contributed by atoms with Crippen LogP contribution in [-0.4, -0.2) is 41.6 Å². The van der Waals surface area contributed by atoms with Crippen molar-refractivity contribution in [1.82, 2.24) is 9.97 Å². The van der Waals surface area contributed by atoms with Crippen molar-refractivity contribution in [2.45, 2.75) is 0 Å². The Morgan fingerprint density at radius 3 is 2.65 bits per heavy atom. The number of methoxy groups -OCH3 is 1. The minimum Gasteiger partial charge on any atom is -0.495 e. The van der Waals surface area contributed by atoms with Gasteiger partial charge in [-0.25, -0.2) is 4.98 Å². The summed E-state index contributed by atoms with van der Waals surface area (Å²) in [5.41, 5.74) is 1.77. The molecule has 0 bridgehead atoms. The van der Waals surface area contributed by atoms with E-state index in [9.17, 15) is 9.36 Å². The van der Waals surface area contributed by atoms with Crippen LogP contribution < -0.4 is 26.0 Å². The number of para-hydroxylation sites is 1. The summed E-state index contributed by atoms with van der Waals surface area (Å²) in [6.07, 6.45) is 4.60. The number of alkyl halides is 1. The molecule has 0 unspecified atom stereocenters. The molecule has 0 saturated heterocycles. The highest BCUT2D eigenvalue weighted by atomic mass is 79.9. The molecule has 0 aliphatic rings. The Hall–Kier alpha value is -2.87. The summed E-state index contributed by atoms with van der Waals surface area (Å²) >= 11 is 9.57. The van der Waals surface area contributed by atoms with Crippen LogP contribution in [0.2, 0.25) is 5.02 Å². The molecule has 0 fully saturated rings. The van der Waals surface area contributed by atoms with E-state index in [1.165, 1.54) is 19.4 Å². The lowest BCUT2D eigenvalue weighted by molar-refractivity contribution is -0.111. The second kappa shape index (κ2) is 11.5. The number of nitrogens with zero attached hydrogens (tertiary/aromatic N) is 2. The van der Waals surface area contributed by atoms with Gasteiger partial charge in [0.05, 0.1) is 24.7 Å². The molecule has 1 aromatic heterocycles. The predicted octanol–water partition coefficient (Wildman–Crippen LogP) is 5.76. The molecule has 0 spiro atoms. The van der Waals surface area contributed by atoms with E-state index in [2.05, 4.69) is 41.8 Å². The quantitative estimate of drug-likeness (QED) is 0.172. The van der Waals surface area contributed by atoms with Crippen molar-refractivity contribution in [1.29, 1.82) is 0 Å². The Bertz CT molecular complexity index is 1270. The predicted molar refractivity (Wildman–Crippen MR) is 144 cm³/mol. The topological polar surface area (TPSA) is 105 Å². The number of ether oxygens (including phenoxy) is 1. The number of halogens is 2. The van der Waals surface area contributed by atoms with Crippen LogP contribution in [0.5, 0.6) is 5.75 Å². The summed E-state index contributed by atoms with van der Waals surface area (Å²) in [4.78, 5) is 20.7. The van der Waals surface area contributed by atoms with E-state index in [4.69, 9.17) is 16.3 Å². The highest BCUT2D eigenvalue weighted by Crippen LogP contribution is 2.39. The van der Waals surface area contributed by atoms with Crippen LogP contribution in [0.1, 0.15) is 0 Å². The molecular weight excluding hydrogens is 541 g/mol. The number of anilines is 5. The van der Waals surface area contributed by atoms with Crippen molar-refractivity contribution in [2.24, 2.45) is 0 Å². The van der Waals surface area contributed by atoms with Crippen LogP contribution in [-0.2, 0) is 9.36 Å². The molecule has 34 heavy (non-hydrogen) atoms. The van der Waals surface area contributed by atoms with Gasteiger partial charge in [-0.2, -0.15) is 4.98 Å². The Morgan fingerprint density at radius 2 is 1.94 bits per heavy atom. The second-order valence-electron chi connectivity index (χ2n) is 7.47. The summed E-state index contributed by atoms with van der Waals surface area (Å²) in [7, 11) is -0.993. The number of nitrogens with one attached hydrogen (secondary N) is 3. The molecule has 0 saturated carbocycles. The number of allylic oxidation sites excluding steroid dienone is 1. The fraction of sp³-hybridized carbons (Fsp3) is 0.174. The van der Waals surface area contributed by atoms with E-state index in [1.807, 2.05) is 24.3 Å². The minimum atomic E-state index is -2.53. The molecule has 0 radical (unpaired) electrons. The Kier molecular flexibility index (Phi) is 8.72. The van der Waals surface area contributed by atoms with Gasteiger partial charge in [0.1, 0.15) is 17.9 Å². The third kappa shape index (κ3) is 6.82. The number of hydrogen-bond acceptors (Lipinski definition) is 7. The average molecular weight is 565 g/mol. The molecule has 3 aromatic rings. The molecule has 0 atom stereocenters. The van der Waals surface area contributed by atoms with Gasteiger partial charge in [-0.15, -0.1) is 0 Å². The fourth-order valence-corrected chi connectivity index (χ4v) is 4.51. The third-order valence-corrected chi connectivity index (χ3v) is 6.75. The zero-order chi connectivity index (χ0) is 24.7. The Morgan fingerprint density at radius 1 is 1.18 bits per heavy atom. The number of rotatable bonds is 9. The van der Waals surface area contributed by atoms with Gasteiger partial charge in [-0.1, -0.05) is 45.7 Å². The number of carbonyl (C=O) groups excluding carboxylic acids is 1. The van der Waals surface area contributed by atoms with Crippen LogP contribution >= 0.6 is 34.7 Å². The van der Waals surface area contributed by atoms with Crippen molar-refractivity contribution in [3.63, 3.8) is 0 Å². The van der Waals surface area contributed by atoms with E-state index in [0.717, 1.165) is 0 Å².